The Balaban J connectivity index is 1.58. The van der Waals surface area contributed by atoms with Crippen molar-refractivity contribution in [3.05, 3.63) is 86.3 Å². The first-order valence-electron chi connectivity index (χ1n) is 9.98. The Hall–Kier alpha value is -3.58. The summed E-state index contributed by atoms with van der Waals surface area (Å²) in [5.74, 6) is 0.398. The lowest BCUT2D eigenvalue weighted by molar-refractivity contribution is 0.0963. The van der Waals surface area contributed by atoms with Crippen LogP contribution in [0, 0.1) is 0 Å². The van der Waals surface area contributed by atoms with Crippen molar-refractivity contribution in [2.45, 2.75) is 18.8 Å². The van der Waals surface area contributed by atoms with Crippen LogP contribution in [0.3, 0.4) is 0 Å². The van der Waals surface area contributed by atoms with Crippen LogP contribution >= 0.6 is 11.6 Å². The van der Waals surface area contributed by atoms with E-state index in [0.29, 0.717) is 40.6 Å². The molecule has 0 spiro atoms. The molecule has 0 radical (unpaired) electrons. The highest BCUT2D eigenvalue weighted by atomic mass is 35.5. The van der Waals surface area contributed by atoms with Gasteiger partial charge in [0, 0.05) is 23.4 Å². The number of fused-ring (bicyclic) bond motifs is 1. The van der Waals surface area contributed by atoms with Gasteiger partial charge in [0.1, 0.15) is 17.1 Å². The zero-order valence-corrected chi connectivity index (χ0v) is 18.3. The second-order valence-corrected chi connectivity index (χ2v) is 7.92. The number of Topliss-reactive ketones (excluding diaryl/α,β-unsaturated/α-hetero) is 1. The summed E-state index contributed by atoms with van der Waals surface area (Å²) < 4.78 is 10.3. The lowest BCUT2D eigenvalue weighted by atomic mass is 9.81. The molecular formula is C24H21ClN2O5. The van der Waals surface area contributed by atoms with E-state index in [1.807, 2.05) is 24.3 Å². The van der Waals surface area contributed by atoms with Gasteiger partial charge < -0.3 is 19.8 Å². The number of methoxy groups -OCH3 is 2. The third-order valence-electron chi connectivity index (χ3n) is 5.55. The number of hydrogen-bond acceptors (Lipinski definition) is 5. The molecule has 1 heterocycles. The molecule has 8 heteroatoms. The van der Waals surface area contributed by atoms with E-state index >= 15 is 0 Å². The molecule has 1 aromatic heterocycles. The van der Waals surface area contributed by atoms with Crippen LogP contribution < -0.4 is 20.3 Å². The maximum Gasteiger partial charge on any atom is 0.261 e. The molecule has 1 atom stereocenters. The van der Waals surface area contributed by atoms with Gasteiger partial charge in [-0.05, 0) is 54.3 Å². The maximum atomic E-state index is 12.8. The number of carbonyl (C=O) groups is 2. The Morgan fingerprint density at radius 2 is 1.78 bits per heavy atom. The first-order valence-corrected chi connectivity index (χ1v) is 10.4. The van der Waals surface area contributed by atoms with Crippen LogP contribution in [-0.2, 0) is 6.42 Å². The fourth-order valence-corrected chi connectivity index (χ4v) is 4.11. The van der Waals surface area contributed by atoms with Gasteiger partial charge in [-0.15, -0.1) is 0 Å². The predicted molar refractivity (Wildman–Crippen MR) is 121 cm³/mol. The molecule has 0 aliphatic heterocycles. The minimum Gasteiger partial charge on any atom is -0.497 e. The van der Waals surface area contributed by atoms with Gasteiger partial charge in [0.15, 0.2) is 5.78 Å². The molecule has 0 saturated carbocycles. The predicted octanol–water partition coefficient (Wildman–Crippen LogP) is 4.21. The Morgan fingerprint density at radius 3 is 2.44 bits per heavy atom. The summed E-state index contributed by atoms with van der Waals surface area (Å²) in [5, 5.41) is 2.96. The number of benzene rings is 2. The van der Waals surface area contributed by atoms with Gasteiger partial charge in [-0.3, -0.25) is 14.4 Å². The Morgan fingerprint density at radius 1 is 1.03 bits per heavy atom. The van der Waals surface area contributed by atoms with E-state index in [-0.39, 0.29) is 17.3 Å². The number of halogens is 1. The summed E-state index contributed by atoms with van der Waals surface area (Å²) in [6.45, 7) is 0. The van der Waals surface area contributed by atoms with Crippen LogP contribution in [0.5, 0.6) is 11.5 Å². The second-order valence-electron chi connectivity index (χ2n) is 7.51. The molecule has 2 aromatic carbocycles. The Kier molecular flexibility index (Phi) is 6.01. The molecule has 3 aromatic rings. The van der Waals surface area contributed by atoms with Crippen molar-refractivity contribution in [1.29, 1.82) is 0 Å². The second kappa shape index (κ2) is 8.88. The number of carbonyl (C=O) groups excluding carboxylic acids is 2. The standard InChI is InChI=1S/C24H21ClN2O5/c1-31-16-6-3-13(4-7-16)14-9-20-17(21(28)10-14)12-18(24(30)27-20)23(29)26-15-5-8-22(32-2)19(25)11-15/h3-8,11-12,14H,9-10H2,1-2H3,(H,26,29)(H,27,30)/t14-/m0/s1. The first kappa shape index (κ1) is 21.6. The third kappa shape index (κ3) is 4.24. The zero-order chi connectivity index (χ0) is 22.8. The van der Waals surface area contributed by atoms with Crippen molar-refractivity contribution in [1.82, 2.24) is 4.98 Å². The number of rotatable bonds is 5. The summed E-state index contributed by atoms with van der Waals surface area (Å²) in [4.78, 5) is 40.9. The lowest BCUT2D eigenvalue weighted by Crippen LogP contribution is -2.29. The fraction of sp³-hybridized carbons (Fsp3) is 0.208. The van der Waals surface area contributed by atoms with Crippen molar-refractivity contribution in [2.75, 3.05) is 19.5 Å². The summed E-state index contributed by atoms with van der Waals surface area (Å²) in [6, 6.07) is 13.6. The van der Waals surface area contributed by atoms with Gasteiger partial charge in [-0.2, -0.15) is 0 Å². The van der Waals surface area contributed by atoms with Gasteiger partial charge in [0.25, 0.3) is 11.5 Å². The Bertz CT molecular complexity index is 1250. The molecule has 0 bridgehead atoms. The number of amides is 1. The van der Waals surface area contributed by atoms with Crippen LogP contribution in [0.4, 0.5) is 5.69 Å². The van der Waals surface area contributed by atoms with Crippen molar-refractivity contribution < 1.29 is 19.1 Å². The summed E-state index contributed by atoms with van der Waals surface area (Å²) in [5.41, 5.74) is 1.62. The molecule has 164 valence electrons. The first-order chi connectivity index (χ1) is 15.4. The zero-order valence-electron chi connectivity index (χ0n) is 17.5. The van der Waals surface area contributed by atoms with Crippen LogP contribution in [0.1, 0.15) is 44.3 Å². The highest BCUT2D eigenvalue weighted by Gasteiger charge is 2.29. The molecule has 0 saturated heterocycles. The number of nitrogens with one attached hydrogen (secondary N) is 2. The third-order valence-corrected chi connectivity index (χ3v) is 5.84. The summed E-state index contributed by atoms with van der Waals surface area (Å²) in [6.07, 6.45) is 0.791. The number of anilines is 1. The van der Waals surface area contributed by atoms with Gasteiger partial charge >= 0.3 is 0 Å². The molecule has 1 aliphatic carbocycles. The topological polar surface area (TPSA) is 97.5 Å². The SMILES string of the molecule is COc1ccc([C@@H]2CC(=O)c3cc(C(=O)Nc4ccc(OC)c(Cl)c4)c(=O)[nH]c3C2)cc1. The van der Waals surface area contributed by atoms with E-state index < -0.39 is 11.5 Å². The summed E-state index contributed by atoms with van der Waals surface area (Å²) >= 11 is 6.09. The van der Waals surface area contributed by atoms with Crippen molar-refractivity contribution in [3.8, 4) is 11.5 Å². The average Bonchev–Trinajstić information content (AvgIpc) is 2.78. The molecule has 0 fully saturated rings. The highest BCUT2D eigenvalue weighted by Crippen LogP contribution is 2.32. The van der Waals surface area contributed by atoms with Crippen molar-refractivity contribution >= 4 is 29.0 Å². The minimum atomic E-state index is -0.625. The lowest BCUT2D eigenvalue weighted by Gasteiger charge is -2.24. The summed E-state index contributed by atoms with van der Waals surface area (Å²) in [7, 11) is 3.08. The molecule has 1 amide bonds. The molecule has 32 heavy (non-hydrogen) atoms. The van der Waals surface area contributed by atoms with Crippen LogP contribution in [-0.4, -0.2) is 30.9 Å². The smallest absolute Gasteiger partial charge is 0.261 e. The van der Waals surface area contributed by atoms with E-state index in [2.05, 4.69) is 10.3 Å². The normalized spacial score (nSPS) is 15.1. The van der Waals surface area contributed by atoms with E-state index in [9.17, 15) is 14.4 Å². The number of hydrogen-bond donors (Lipinski definition) is 2. The number of ether oxygens (including phenoxy) is 2. The highest BCUT2D eigenvalue weighted by molar-refractivity contribution is 6.32. The molecule has 1 aliphatic rings. The van der Waals surface area contributed by atoms with Crippen LogP contribution in [0.25, 0.3) is 0 Å². The van der Waals surface area contributed by atoms with E-state index in [0.717, 1.165) is 11.3 Å². The molecule has 0 unspecified atom stereocenters. The number of pyridine rings is 1. The quantitative estimate of drug-likeness (QED) is 0.604. The van der Waals surface area contributed by atoms with Crippen LogP contribution in [0.15, 0.2) is 53.3 Å². The monoisotopic (exact) mass is 452 g/mol. The van der Waals surface area contributed by atoms with E-state index in [4.69, 9.17) is 21.1 Å². The number of aromatic amines is 1. The van der Waals surface area contributed by atoms with Gasteiger partial charge in [-0.1, -0.05) is 23.7 Å². The number of H-pyrrole nitrogens is 1. The van der Waals surface area contributed by atoms with E-state index in [1.54, 1.807) is 19.2 Å². The number of ketones is 1. The molecule has 4 rings (SSSR count). The number of aromatic nitrogens is 1. The average molecular weight is 453 g/mol. The van der Waals surface area contributed by atoms with E-state index in [1.165, 1.54) is 19.2 Å². The van der Waals surface area contributed by atoms with Gasteiger partial charge in [-0.25, -0.2) is 0 Å². The Labute approximate surface area is 189 Å². The molecular weight excluding hydrogens is 432 g/mol. The molecule has 2 N–H and O–H groups in total. The van der Waals surface area contributed by atoms with Gasteiger partial charge in [0.05, 0.1) is 19.2 Å². The fourth-order valence-electron chi connectivity index (χ4n) is 3.85. The maximum absolute atomic E-state index is 12.8. The van der Waals surface area contributed by atoms with Crippen molar-refractivity contribution in [3.63, 3.8) is 0 Å². The minimum absolute atomic E-state index is 0.0577. The largest absolute Gasteiger partial charge is 0.497 e. The molecule has 7 nitrogen and oxygen atoms in total. The van der Waals surface area contributed by atoms with Crippen molar-refractivity contribution in [2.24, 2.45) is 0 Å². The van der Waals surface area contributed by atoms with Crippen LogP contribution in [0.2, 0.25) is 5.02 Å². The van der Waals surface area contributed by atoms with Gasteiger partial charge in [0.2, 0.25) is 0 Å².